The van der Waals surface area contributed by atoms with Crippen LogP contribution in [0.25, 0.3) is 0 Å². The van der Waals surface area contributed by atoms with E-state index in [9.17, 15) is 0 Å². The first kappa shape index (κ1) is 14.9. The molecule has 0 saturated carbocycles. The third-order valence-electron chi connectivity index (χ3n) is 5.03. The number of fused-ring (bicyclic) bond motifs is 1. The fourth-order valence-electron chi connectivity index (χ4n) is 3.37. The number of hydrogen-bond donors (Lipinski definition) is 0. The van der Waals surface area contributed by atoms with Gasteiger partial charge in [-0.1, -0.05) is 0 Å². The third-order valence-corrected chi connectivity index (χ3v) is 5.03. The van der Waals surface area contributed by atoms with Crippen molar-refractivity contribution >= 4 is 11.6 Å². The van der Waals surface area contributed by atoms with Crippen LogP contribution in [0.4, 0.5) is 11.6 Å². The van der Waals surface area contributed by atoms with Gasteiger partial charge in [-0.3, -0.25) is 0 Å². The van der Waals surface area contributed by atoms with Crippen molar-refractivity contribution in [3.8, 4) is 6.07 Å². The second-order valence-electron chi connectivity index (χ2n) is 6.57. The number of hydrogen-bond acceptors (Lipinski definition) is 6. The van der Waals surface area contributed by atoms with E-state index in [-0.39, 0.29) is 0 Å². The molecule has 0 amide bonds. The zero-order valence-electron chi connectivity index (χ0n) is 13.8. The molecule has 0 aromatic carbocycles. The standard InChI is InChI=1S/C18H20N6/c1-23(17-7-6-13(9-19)10-20-17)15-11-24(12-15)18-8-14-4-2-3-5-16(14)21-22-18/h6-8,10,15H,2-5,11-12H2,1H3. The summed E-state index contributed by atoms with van der Waals surface area (Å²) in [6.45, 7) is 1.84. The maximum atomic E-state index is 8.86. The smallest absolute Gasteiger partial charge is 0.151 e. The van der Waals surface area contributed by atoms with Crippen molar-refractivity contribution in [2.45, 2.75) is 31.7 Å². The van der Waals surface area contributed by atoms with Crippen LogP contribution < -0.4 is 9.80 Å². The first-order valence-electron chi connectivity index (χ1n) is 8.44. The lowest BCUT2D eigenvalue weighted by atomic mass is 9.96. The summed E-state index contributed by atoms with van der Waals surface area (Å²) in [5.41, 5.74) is 3.14. The number of rotatable bonds is 3. The van der Waals surface area contributed by atoms with Gasteiger partial charge >= 0.3 is 0 Å². The molecule has 1 aliphatic carbocycles. The fraction of sp³-hybridized carbons (Fsp3) is 0.444. The molecule has 2 aromatic heterocycles. The number of likely N-dealkylation sites (N-methyl/N-ethyl adjacent to an activating group) is 1. The average Bonchev–Trinajstić information content (AvgIpc) is 2.60. The van der Waals surface area contributed by atoms with Crippen molar-refractivity contribution in [1.29, 1.82) is 5.26 Å². The Morgan fingerprint density at radius 2 is 2.04 bits per heavy atom. The van der Waals surface area contributed by atoms with Crippen LogP contribution in [0.3, 0.4) is 0 Å². The highest BCUT2D eigenvalue weighted by atomic mass is 15.4. The Balaban J connectivity index is 1.41. The molecular formula is C18H20N6. The molecule has 3 heterocycles. The van der Waals surface area contributed by atoms with Gasteiger partial charge in [-0.15, -0.1) is 5.10 Å². The number of anilines is 2. The van der Waals surface area contributed by atoms with E-state index >= 15 is 0 Å². The van der Waals surface area contributed by atoms with Gasteiger partial charge in [-0.2, -0.15) is 10.4 Å². The van der Waals surface area contributed by atoms with Crippen molar-refractivity contribution < 1.29 is 0 Å². The predicted octanol–water partition coefficient (Wildman–Crippen LogP) is 1.95. The van der Waals surface area contributed by atoms with Crippen molar-refractivity contribution in [2.24, 2.45) is 0 Å². The van der Waals surface area contributed by atoms with Crippen molar-refractivity contribution in [3.05, 3.63) is 41.2 Å². The molecule has 0 spiro atoms. The molecule has 1 aliphatic heterocycles. The summed E-state index contributed by atoms with van der Waals surface area (Å²) in [5, 5.41) is 17.7. The molecule has 4 rings (SSSR count). The minimum Gasteiger partial charge on any atom is -0.353 e. The van der Waals surface area contributed by atoms with Crippen LogP contribution >= 0.6 is 0 Å². The summed E-state index contributed by atoms with van der Waals surface area (Å²) in [6, 6.07) is 8.44. The second kappa shape index (κ2) is 6.08. The molecule has 2 aromatic rings. The lowest BCUT2D eigenvalue weighted by Crippen LogP contribution is -2.59. The molecule has 1 saturated heterocycles. The van der Waals surface area contributed by atoms with Crippen LogP contribution in [0.2, 0.25) is 0 Å². The number of pyridine rings is 1. The van der Waals surface area contributed by atoms with Gasteiger partial charge in [0.1, 0.15) is 11.9 Å². The van der Waals surface area contributed by atoms with E-state index in [2.05, 4.69) is 44.2 Å². The lowest BCUT2D eigenvalue weighted by Gasteiger charge is -2.45. The largest absolute Gasteiger partial charge is 0.353 e. The number of aryl methyl sites for hydroxylation is 2. The average molecular weight is 320 g/mol. The summed E-state index contributed by atoms with van der Waals surface area (Å²) >= 11 is 0. The Bertz CT molecular complexity index is 773. The Morgan fingerprint density at radius 3 is 2.79 bits per heavy atom. The fourth-order valence-corrected chi connectivity index (χ4v) is 3.37. The summed E-state index contributed by atoms with van der Waals surface area (Å²) in [5.74, 6) is 1.89. The molecule has 122 valence electrons. The highest BCUT2D eigenvalue weighted by molar-refractivity contribution is 5.50. The van der Waals surface area contributed by atoms with E-state index < -0.39 is 0 Å². The van der Waals surface area contributed by atoms with E-state index in [1.165, 1.54) is 24.1 Å². The van der Waals surface area contributed by atoms with Crippen LogP contribution in [0.5, 0.6) is 0 Å². The Morgan fingerprint density at radius 1 is 1.21 bits per heavy atom. The van der Waals surface area contributed by atoms with Crippen LogP contribution in [0.1, 0.15) is 29.7 Å². The van der Waals surface area contributed by atoms with E-state index in [0.717, 1.165) is 37.6 Å². The number of nitrogens with zero attached hydrogens (tertiary/aromatic N) is 6. The molecule has 0 atom stereocenters. The van der Waals surface area contributed by atoms with Crippen molar-refractivity contribution in [1.82, 2.24) is 15.2 Å². The monoisotopic (exact) mass is 320 g/mol. The summed E-state index contributed by atoms with van der Waals surface area (Å²) in [6.07, 6.45) is 6.31. The predicted molar refractivity (Wildman–Crippen MR) is 92.0 cm³/mol. The van der Waals surface area contributed by atoms with Crippen LogP contribution in [0.15, 0.2) is 24.4 Å². The maximum Gasteiger partial charge on any atom is 0.151 e. The molecule has 0 N–H and O–H groups in total. The van der Waals surface area contributed by atoms with Gasteiger partial charge in [-0.25, -0.2) is 4.98 Å². The van der Waals surface area contributed by atoms with Gasteiger partial charge in [0.2, 0.25) is 0 Å². The quantitative estimate of drug-likeness (QED) is 0.861. The topological polar surface area (TPSA) is 68.9 Å². The van der Waals surface area contributed by atoms with Gasteiger partial charge in [-0.05, 0) is 49.4 Å². The first-order chi connectivity index (χ1) is 11.7. The van der Waals surface area contributed by atoms with Crippen LogP contribution in [-0.4, -0.2) is 41.4 Å². The van der Waals surface area contributed by atoms with Gasteiger partial charge in [0.25, 0.3) is 0 Å². The van der Waals surface area contributed by atoms with E-state index in [0.29, 0.717) is 11.6 Å². The minimum absolute atomic E-state index is 0.406. The van der Waals surface area contributed by atoms with Gasteiger partial charge in [0.05, 0.1) is 17.3 Å². The normalized spacial score (nSPS) is 16.9. The van der Waals surface area contributed by atoms with Crippen molar-refractivity contribution in [2.75, 3.05) is 29.9 Å². The lowest BCUT2D eigenvalue weighted by molar-refractivity contribution is 0.486. The summed E-state index contributed by atoms with van der Waals surface area (Å²) in [7, 11) is 2.05. The molecule has 1 fully saturated rings. The molecule has 0 radical (unpaired) electrons. The van der Waals surface area contributed by atoms with Crippen molar-refractivity contribution in [3.63, 3.8) is 0 Å². The minimum atomic E-state index is 0.406. The molecule has 0 unspecified atom stereocenters. The highest BCUT2D eigenvalue weighted by Gasteiger charge is 2.32. The molecule has 2 aliphatic rings. The van der Waals surface area contributed by atoms with E-state index in [1.807, 2.05) is 12.1 Å². The molecule has 6 nitrogen and oxygen atoms in total. The first-order valence-corrected chi connectivity index (χ1v) is 8.44. The third kappa shape index (κ3) is 2.67. The molecular weight excluding hydrogens is 300 g/mol. The Labute approximate surface area is 141 Å². The van der Waals surface area contributed by atoms with E-state index in [1.54, 1.807) is 6.20 Å². The van der Waals surface area contributed by atoms with E-state index in [4.69, 9.17) is 5.26 Å². The Kier molecular flexibility index (Phi) is 3.77. The summed E-state index contributed by atoms with van der Waals surface area (Å²) < 4.78 is 0. The number of aromatic nitrogens is 3. The highest BCUT2D eigenvalue weighted by Crippen LogP contribution is 2.27. The molecule has 0 bridgehead atoms. The van der Waals surface area contributed by atoms with Gasteiger partial charge in [0.15, 0.2) is 5.82 Å². The zero-order valence-corrected chi connectivity index (χ0v) is 13.8. The Hall–Kier alpha value is -2.68. The second-order valence-corrected chi connectivity index (χ2v) is 6.57. The van der Waals surface area contributed by atoms with Gasteiger partial charge in [0, 0.05) is 26.3 Å². The zero-order chi connectivity index (χ0) is 16.5. The van der Waals surface area contributed by atoms with Crippen LogP contribution in [0, 0.1) is 11.3 Å². The number of nitriles is 1. The summed E-state index contributed by atoms with van der Waals surface area (Å²) in [4.78, 5) is 8.81. The SMILES string of the molecule is CN(c1ccc(C#N)cn1)C1CN(c2cc3c(nn2)CCCC3)C1. The molecule has 24 heavy (non-hydrogen) atoms. The molecule has 6 heteroatoms. The maximum absolute atomic E-state index is 8.86. The van der Waals surface area contributed by atoms with Crippen LogP contribution in [-0.2, 0) is 12.8 Å². The van der Waals surface area contributed by atoms with Gasteiger partial charge < -0.3 is 9.80 Å².